The lowest BCUT2D eigenvalue weighted by Gasteiger charge is -2.18. The summed E-state index contributed by atoms with van der Waals surface area (Å²) in [5.74, 6) is -0.152. The van der Waals surface area contributed by atoms with Gasteiger partial charge in [0, 0.05) is 17.7 Å². The van der Waals surface area contributed by atoms with Crippen LogP contribution >= 0.6 is 11.6 Å². The van der Waals surface area contributed by atoms with Gasteiger partial charge in [0.15, 0.2) is 5.65 Å². The molecule has 0 bridgehead atoms. The van der Waals surface area contributed by atoms with Crippen molar-refractivity contribution in [3.63, 3.8) is 0 Å². The van der Waals surface area contributed by atoms with Crippen LogP contribution in [0.25, 0.3) is 17.0 Å². The van der Waals surface area contributed by atoms with Gasteiger partial charge in [-0.1, -0.05) is 23.7 Å². The molecule has 5 rings (SSSR count). The summed E-state index contributed by atoms with van der Waals surface area (Å²) in [5, 5.41) is 3.38. The van der Waals surface area contributed by atoms with Crippen LogP contribution < -0.4 is 5.32 Å². The lowest BCUT2D eigenvalue weighted by atomic mass is 9.90. The number of nitrogens with one attached hydrogen (secondary N) is 1. The molecule has 9 heteroatoms. The van der Waals surface area contributed by atoms with Crippen LogP contribution in [0.4, 0.5) is 17.6 Å². The highest BCUT2D eigenvalue weighted by Crippen LogP contribution is 2.42. The maximum Gasteiger partial charge on any atom is 0.420 e. The summed E-state index contributed by atoms with van der Waals surface area (Å²) in [6, 6.07) is 9.90. The van der Waals surface area contributed by atoms with Gasteiger partial charge in [0.25, 0.3) is 0 Å². The number of benzene rings is 1. The van der Waals surface area contributed by atoms with Crippen LogP contribution in [0.3, 0.4) is 0 Å². The van der Waals surface area contributed by atoms with E-state index in [4.69, 9.17) is 16.0 Å². The van der Waals surface area contributed by atoms with Crippen molar-refractivity contribution in [1.29, 1.82) is 0 Å². The quantitative estimate of drug-likeness (QED) is 0.377. The summed E-state index contributed by atoms with van der Waals surface area (Å²) >= 11 is 6.57. The molecule has 3 aromatic heterocycles. The Bertz CT molecular complexity index is 1230. The van der Waals surface area contributed by atoms with E-state index in [-0.39, 0.29) is 28.1 Å². The Balaban J connectivity index is 1.66. The molecule has 1 fully saturated rings. The van der Waals surface area contributed by atoms with E-state index in [9.17, 15) is 17.6 Å². The van der Waals surface area contributed by atoms with Crippen LogP contribution in [0.15, 0.2) is 59.3 Å². The molecular formula is C22H16ClF4N3O. The van der Waals surface area contributed by atoms with E-state index in [1.54, 1.807) is 24.3 Å². The summed E-state index contributed by atoms with van der Waals surface area (Å²) in [6.45, 7) is 0.640. The molecule has 160 valence electrons. The van der Waals surface area contributed by atoms with Gasteiger partial charge in [-0.05, 0) is 48.9 Å². The lowest BCUT2D eigenvalue weighted by Crippen LogP contribution is -2.18. The molecule has 1 aromatic carbocycles. The van der Waals surface area contributed by atoms with Crippen molar-refractivity contribution in [3.05, 3.63) is 82.7 Å². The Labute approximate surface area is 179 Å². The maximum atomic E-state index is 13.9. The minimum absolute atomic E-state index is 0.0955. The molecule has 1 aliphatic rings. The second-order valence-electron chi connectivity index (χ2n) is 7.48. The number of furan rings is 1. The third-order valence-electron chi connectivity index (χ3n) is 5.61. The van der Waals surface area contributed by atoms with Gasteiger partial charge in [0.2, 0.25) is 0 Å². The molecule has 0 radical (unpaired) electrons. The van der Waals surface area contributed by atoms with E-state index in [1.807, 2.05) is 0 Å². The number of aromatic nitrogens is 2. The highest BCUT2D eigenvalue weighted by atomic mass is 35.5. The first kappa shape index (κ1) is 20.1. The average Bonchev–Trinajstić information content (AvgIpc) is 3.47. The van der Waals surface area contributed by atoms with Crippen molar-refractivity contribution in [2.45, 2.75) is 24.6 Å². The summed E-state index contributed by atoms with van der Waals surface area (Å²) in [5.41, 5.74) is 0.276. The molecule has 4 heterocycles. The Morgan fingerprint density at radius 3 is 2.61 bits per heavy atom. The van der Waals surface area contributed by atoms with Crippen LogP contribution in [0.5, 0.6) is 0 Å². The van der Waals surface area contributed by atoms with Crippen LogP contribution in [0.2, 0.25) is 5.15 Å². The zero-order valence-corrected chi connectivity index (χ0v) is 16.7. The number of alkyl halides is 3. The molecule has 1 aliphatic heterocycles. The lowest BCUT2D eigenvalue weighted by molar-refractivity contribution is -0.136. The van der Waals surface area contributed by atoms with Gasteiger partial charge < -0.3 is 9.73 Å². The Morgan fingerprint density at radius 2 is 1.94 bits per heavy atom. The molecule has 31 heavy (non-hydrogen) atoms. The first-order valence-electron chi connectivity index (χ1n) is 9.64. The summed E-state index contributed by atoms with van der Waals surface area (Å²) in [7, 11) is 0. The minimum Gasteiger partial charge on any atom is -0.464 e. The summed E-state index contributed by atoms with van der Waals surface area (Å²) < 4.78 is 61.4. The van der Waals surface area contributed by atoms with Crippen molar-refractivity contribution < 1.29 is 22.0 Å². The Kier molecular flexibility index (Phi) is 4.79. The predicted octanol–water partition coefficient (Wildman–Crippen LogP) is 6.22. The maximum absolute atomic E-state index is 13.9. The smallest absolute Gasteiger partial charge is 0.420 e. The molecule has 2 atom stereocenters. The molecule has 4 nitrogen and oxygen atoms in total. The zero-order valence-electron chi connectivity index (χ0n) is 16.0. The summed E-state index contributed by atoms with van der Waals surface area (Å²) in [4.78, 5) is 4.32. The second-order valence-corrected chi connectivity index (χ2v) is 7.84. The molecule has 0 spiro atoms. The highest BCUT2D eigenvalue weighted by Gasteiger charge is 2.38. The topological polar surface area (TPSA) is 42.5 Å². The van der Waals surface area contributed by atoms with Crippen molar-refractivity contribution >= 4 is 17.2 Å². The number of fused-ring (bicyclic) bond motifs is 1. The van der Waals surface area contributed by atoms with E-state index < -0.39 is 17.8 Å². The average molecular weight is 450 g/mol. The molecule has 1 saturated heterocycles. The van der Waals surface area contributed by atoms with Crippen molar-refractivity contribution in [2.75, 3.05) is 6.54 Å². The third-order valence-corrected chi connectivity index (χ3v) is 5.99. The van der Waals surface area contributed by atoms with Gasteiger partial charge in [-0.25, -0.2) is 9.37 Å². The first-order valence-corrected chi connectivity index (χ1v) is 10.0. The van der Waals surface area contributed by atoms with Gasteiger partial charge in [-0.3, -0.25) is 4.40 Å². The van der Waals surface area contributed by atoms with Gasteiger partial charge in [-0.2, -0.15) is 13.2 Å². The summed E-state index contributed by atoms with van der Waals surface area (Å²) in [6.07, 6.45) is -1.02. The fourth-order valence-electron chi connectivity index (χ4n) is 4.18. The van der Waals surface area contributed by atoms with E-state index in [1.165, 1.54) is 29.0 Å². The van der Waals surface area contributed by atoms with Gasteiger partial charge >= 0.3 is 6.18 Å². The molecular weight excluding hydrogens is 434 g/mol. The first-order chi connectivity index (χ1) is 14.8. The van der Waals surface area contributed by atoms with Crippen molar-refractivity contribution in [3.8, 4) is 11.3 Å². The highest BCUT2D eigenvalue weighted by molar-refractivity contribution is 6.30. The van der Waals surface area contributed by atoms with Crippen LogP contribution in [-0.2, 0) is 6.18 Å². The number of rotatable bonds is 3. The normalized spacial score (nSPS) is 19.4. The number of hydrogen-bond donors (Lipinski definition) is 1. The van der Waals surface area contributed by atoms with Crippen LogP contribution in [0.1, 0.15) is 35.2 Å². The number of imidazole rings is 1. The zero-order chi connectivity index (χ0) is 21.8. The van der Waals surface area contributed by atoms with Gasteiger partial charge in [0.1, 0.15) is 16.7 Å². The largest absolute Gasteiger partial charge is 0.464 e. The van der Waals surface area contributed by atoms with Gasteiger partial charge in [-0.15, -0.1) is 0 Å². The van der Waals surface area contributed by atoms with Crippen molar-refractivity contribution in [1.82, 2.24) is 14.7 Å². The third kappa shape index (κ3) is 3.49. The molecule has 0 aliphatic carbocycles. The van der Waals surface area contributed by atoms with Crippen molar-refractivity contribution in [2.24, 2.45) is 0 Å². The number of hydrogen-bond acceptors (Lipinski definition) is 3. The van der Waals surface area contributed by atoms with E-state index in [0.717, 1.165) is 18.1 Å². The van der Waals surface area contributed by atoms with E-state index >= 15 is 0 Å². The monoisotopic (exact) mass is 449 g/mol. The standard InChI is InChI=1S/C22H16ClF4N3O/c23-20-19(18-15(7-8-28-18)12-3-5-14(24)6-4-12)29-21-16(22(25,26)27)10-13(11-30(20)21)17-2-1-9-31-17/h1-6,9-11,15,18,28H,7-8H2. The second kappa shape index (κ2) is 7.39. The molecule has 1 N–H and O–H groups in total. The number of pyridine rings is 1. The SMILES string of the molecule is Fc1ccc(C2CCNC2c2nc3c(C(F)(F)F)cc(-c4ccco4)cn3c2Cl)cc1. The number of nitrogens with zero attached hydrogens (tertiary/aromatic N) is 2. The Morgan fingerprint density at radius 1 is 1.16 bits per heavy atom. The fourth-order valence-corrected chi connectivity index (χ4v) is 4.47. The molecule has 2 unspecified atom stereocenters. The van der Waals surface area contributed by atoms with Crippen LogP contribution in [-0.4, -0.2) is 15.9 Å². The Hall–Kier alpha value is -2.84. The molecule has 0 amide bonds. The predicted molar refractivity (Wildman–Crippen MR) is 107 cm³/mol. The number of halogens is 5. The van der Waals surface area contributed by atoms with Gasteiger partial charge in [0.05, 0.1) is 23.6 Å². The minimum atomic E-state index is -4.63. The van der Waals surface area contributed by atoms with E-state index in [2.05, 4.69) is 10.3 Å². The molecule has 4 aromatic rings. The fraction of sp³-hybridized carbons (Fsp3) is 0.227. The van der Waals surface area contributed by atoms with E-state index in [0.29, 0.717) is 18.0 Å². The molecule has 0 saturated carbocycles. The van der Waals surface area contributed by atoms with Crippen LogP contribution in [0, 0.1) is 5.82 Å².